The molecule has 0 aromatic carbocycles. The molecule has 2 aromatic rings. The summed E-state index contributed by atoms with van der Waals surface area (Å²) < 4.78 is 15.2. The highest BCUT2D eigenvalue weighted by atomic mass is 79.9. The van der Waals surface area contributed by atoms with Crippen LogP contribution in [0.15, 0.2) is 21.9 Å². The van der Waals surface area contributed by atoms with E-state index in [9.17, 15) is 14.3 Å². The molecular weight excluding hydrogens is 497 g/mol. The van der Waals surface area contributed by atoms with E-state index in [-0.39, 0.29) is 28.8 Å². The van der Waals surface area contributed by atoms with Crippen molar-refractivity contribution in [3.8, 4) is 0 Å². The van der Waals surface area contributed by atoms with E-state index in [0.29, 0.717) is 33.3 Å². The number of fused-ring (bicyclic) bond motifs is 3. The van der Waals surface area contributed by atoms with Crippen LogP contribution in [0.4, 0.5) is 15.0 Å². The van der Waals surface area contributed by atoms with Gasteiger partial charge in [-0.2, -0.15) is 0 Å². The number of anilines is 1. The van der Waals surface area contributed by atoms with Gasteiger partial charge in [-0.05, 0) is 41.4 Å². The monoisotopic (exact) mass is 515 g/mol. The number of thioether (sulfide) groups is 1. The molecular formula is C19H20BrClFN5O2S. The first-order valence-corrected chi connectivity index (χ1v) is 11.7. The quantitative estimate of drug-likeness (QED) is 0.266. The van der Waals surface area contributed by atoms with Crippen molar-refractivity contribution in [2.24, 2.45) is 0 Å². The number of amides is 1. The fraction of sp³-hybridized carbons (Fsp3) is 0.474. The molecule has 11 heteroatoms. The molecule has 4 heterocycles. The van der Waals surface area contributed by atoms with Crippen LogP contribution in [0.1, 0.15) is 26.7 Å². The van der Waals surface area contributed by atoms with E-state index in [1.54, 1.807) is 0 Å². The van der Waals surface area contributed by atoms with Gasteiger partial charge in [-0.25, -0.2) is 24.1 Å². The summed E-state index contributed by atoms with van der Waals surface area (Å²) in [6.45, 7) is 8.40. The van der Waals surface area contributed by atoms with Gasteiger partial charge in [-0.15, -0.1) is 0 Å². The van der Waals surface area contributed by atoms with Gasteiger partial charge >= 0.3 is 6.09 Å². The summed E-state index contributed by atoms with van der Waals surface area (Å²) in [5, 5.41) is 10.3. The largest absolute Gasteiger partial charge is 0.465 e. The fourth-order valence-electron chi connectivity index (χ4n) is 4.53. The molecule has 2 aliphatic heterocycles. The van der Waals surface area contributed by atoms with E-state index in [0.717, 1.165) is 18.4 Å². The molecule has 30 heavy (non-hydrogen) atoms. The summed E-state index contributed by atoms with van der Waals surface area (Å²) in [4.78, 5) is 28.6. The second-order valence-electron chi connectivity index (χ2n) is 7.43. The molecule has 0 unspecified atom stereocenters. The normalized spacial score (nSPS) is 23.3. The Labute approximate surface area is 190 Å². The number of carbonyl (C=O) groups is 1. The lowest BCUT2D eigenvalue weighted by Gasteiger charge is -2.47. The molecule has 2 bridgehead atoms. The third kappa shape index (κ3) is 3.42. The highest BCUT2D eigenvalue weighted by Gasteiger charge is 2.49. The predicted octanol–water partition coefficient (Wildman–Crippen LogP) is 4.97. The first-order chi connectivity index (χ1) is 14.2. The average Bonchev–Trinajstić information content (AvgIpc) is 2.99. The SMILES string of the molecule is C=C(C)[C@@H]1[C@@H]2CC[C@H](CN1c1nc(SCC)nc3c(F)c(Cl)nc(Br)c13)N2C(=O)O. The van der Waals surface area contributed by atoms with Gasteiger partial charge in [0, 0.05) is 6.54 Å². The molecule has 3 atom stereocenters. The molecule has 1 N–H and O–H groups in total. The highest BCUT2D eigenvalue weighted by Crippen LogP contribution is 2.42. The van der Waals surface area contributed by atoms with Crippen LogP contribution in [0.25, 0.3) is 10.9 Å². The van der Waals surface area contributed by atoms with Crippen LogP contribution in [-0.4, -0.2) is 61.5 Å². The van der Waals surface area contributed by atoms with Crippen LogP contribution in [-0.2, 0) is 0 Å². The molecule has 0 aliphatic carbocycles. The van der Waals surface area contributed by atoms with Crippen LogP contribution >= 0.6 is 39.3 Å². The smallest absolute Gasteiger partial charge is 0.407 e. The average molecular weight is 517 g/mol. The number of nitrogens with zero attached hydrogens (tertiary/aromatic N) is 5. The molecule has 1 amide bonds. The van der Waals surface area contributed by atoms with Gasteiger partial charge < -0.3 is 10.0 Å². The van der Waals surface area contributed by atoms with Gasteiger partial charge in [0.2, 0.25) is 0 Å². The topological polar surface area (TPSA) is 82.5 Å². The minimum absolute atomic E-state index is 0.0938. The fourth-order valence-corrected chi connectivity index (χ4v) is 5.91. The van der Waals surface area contributed by atoms with E-state index < -0.39 is 11.9 Å². The predicted molar refractivity (Wildman–Crippen MR) is 119 cm³/mol. The molecule has 7 nitrogen and oxygen atoms in total. The first kappa shape index (κ1) is 21.6. The van der Waals surface area contributed by atoms with Gasteiger partial charge in [-0.3, -0.25) is 4.90 Å². The molecule has 0 radical (unpaired) electrons. The van der Waals surface area contributed by atoms with Crippen molar-refractivity contribution in [3.05, 3.63) is 27.7 Å². The van der Waals surface area contributed by atoms with E-state index >= 15 is 0 Å². The number of aromatic nitrogens is 3. The molecule has 2 aromatic heterocycles. The minimum atomic E-state index is -0.927. The lowest BCUT2D eigenvalue weighted by molar-refractivity contribution is 0.106. The highest BCUT2D eigenvalue weighted by molar-refractivity contribution is 9.10. The van der Waals surface area contributed by atoms with Gasteiger partial charge in [0.15, 0.2) is 16.1 Å². The molecule has 160 valence electrons. The van der Waals surface area contributed by atoms with Crippen LogP contribution < -0.4 is 4.90 Å². The van der Waals surface area contributed by atoms with E-state index in [1.165, 1.54) is 16.7 Å². The number of hydrogen-bond donors (Lipinski definition) is 1. The molecule has 0 spiro atoms. The molecule has 4 rings (SSSR count). The van der Waals surface area contributed by atoms with Crippen molar-refractivity contribution in [3.63, 3.8) is 0 Å². The first-order valence-electron chi connectivity index (χ1n) is 9.52. The van der Waals surface area contributed by atoms with E-state index in [4.69, 9.17) is 16.6 Å². The van der Waals surface area contributed by atoms with Crippen molar-refractivity contribution in [2.45, 2.75) is 50.0 Å². The van der Waals surface area contributed by atoms with Crippen molar-refractivity contribution >= 4 is 62.1 Å². The Hall–Kier alpha value is -1.65. The number of halogens is 3. The summed E-state index contributed by atoms with van der Waals surface area (Å²) in [7, 11) is 0. The van der Waals surface area contributed by atoms with Crippen LogP contribution in [0, 0.1) is 5.82 Å². The van der Waals surface area contributed by atoms with Crippen molar-refractivity contribution in [1.29, 1.82) is 0 Å². The minimum Gasteiger partial charge on any atom is -0.465 e. The van der Waals surface area contributed by atoms with E-state index in [1.807, 2.05) is 18.7 Å². The zero-order chi connectivity index (χ0) is 21.7. The van der Waals surface area contributed by atoms with Gasteiger partial charge in [0.1, 0.15) is 15.9 Å². The summed E-state index contributed by atoms with van der Waals surface area (Å²) in [5.41, 5.74) is 0.915. The number of piperazine rings is 1. The molecule has 2 fully saturated rings. The van der Waals surface area contributed by atoms with Gasteiger partial charge in [0.05, 0.1) is 23.5 Å². The Morgan fingerprint density at radius 2 is 2.13 bits per heavy atom. The molecule has 2 saturated heterocycles. The summed E-state index contributed by atoms with van der Waals surface area (Å²) in [6, 6.07) is -0.697. The number of pyridine rings is 1. The van der Waals surface area contributed by atoms with Gasteiger partial charge in [0.25, 0.3) is 0 Å². The Morgan fingerprint density at radius 1 is 1.40 bits per heavy atom. The summed E-state index contributed by atoms with van der Waals surface area (Å²) >= 11 is 10.8. The third-order valence-electron chi connectivity index (χ3n) is 5.59. The van der Waals surface area contributed by atoms with Crippen molar-refractivity contribution in [1.82, 2.24) is 19.9 Å². The Kier molecular flexibility index (Phi) is 5.84. The lowest BCUT2D eigenvalue weighted by Crippen LogP contribution is -2.61. The Balaban J connectivity index is 1.95. The number of rotatable bonds is 4. The van der Waals surface area contributed by atoms with Crippen LogP contribution in [0.2, 0.25) is 5.15 Å². The van der Waals surface area contributed by atoms with Crippen LogP contribution in [0.5, 0.6) is 0 Å². The van der Waals surface area contributed by atoms with Crippen LogP contribution in [0.3, 0.4) is 0 Å². The lowest BCUT2D eigenvalue weighted by atomic mass is 9.96. The Morgan fingerprint density at radius 3 is 2.77 bits per heavy atom. The zero-order valence-electron chi connectivity index (χ0n) is 16.4. The second-order valence-corrected chi connectivity index (χ2v) is 9.77. The number of carboxylic acid groups (broad SMARTS) is 1. The van der Waals surface area contributed by atoms with E-state index in [2.05, 4.69) is 32.5 Å². The second kappa shape index (κ2) is 8.12. The third-order valence-corrected chi connectivity index (χ3v) is 7.14. The molecule has 0 saturated carbocycles. The van der Waals surface area contributed by atoms with Crippen molar-refractivity contribution in [2.75, 3.05) is 17.2 Å². The maximum Gasteiger partial charge on any atom is 0.407 e. The number of hydrogen-bond acceptors (Lipinski definition) is 6. The molecule has 2 aliphatic rings. The maximum absolute atomic E-state index is 14.9. The maximum atomic E-state index is 14.9. The summed E-state index contributed by atoms with van der Waals surface area (Å²) in [5.74, 6) is 0.533. The van der Waals surface area contributed by atoms with Gasteiger partial charge in [-0.1, -0.05) is 42.4 Å². The zero-order valence-corrected chi connectivity index (χ0v) is 19.6. The summed E-state index contributed by atoms with van der Waals surface area (Å²) in [6.07, 6.45) is 0.574. The standard InChI is InChI=1S/C19H20BrClFN5O2S/c1-4-30-18-23-13-11(15(20)24-16(21)12(13)22)17(25-18)26-7-9-5-6-10(14(26)8(2)3)27(9)19(28)29/h9-10,14H,2,4-7H2,1,3H3,(H,28,29)/t9-,10+,14-/m1/s1. The Bertz CT molecular complexity index is 1060. The van der Waals surface area contributed by atoms with Crippen molar-refractivity contribution < 1.29 is 14.3 Å².